The third-order valence-corrected chi connectivity index (χ3v) is 8.11. The Balaban J connectivity index is 1.42. The largest absolute Gasteiger partial charge is 0.402 e. The van der Waals surface area contributed by atoms with Crippen molar-refractivity contribution in [3.05, 3.63) is 30.0 Å². The van der Waals surface area contributed by atoms with Crippen LogP contribution in [0.15, 0.2) is 35.0 Å². The number of hydrogen-bond acceptors (Lipinski definition) is 9. The van der Waals surface area contributed by atoms with E-state index in [2.05, 4.69) is 38.3 Å². The van der Waals surface area contributed by atoms with Gasteiger partial charge in [-0.2, -0.15) is 10.2 Å². The zero-order valence-electron chi connectivity index (χ0n) is 22.4. The standard InChI is InChI=1S/C28H39N9O/c1-18(30)14-26(31)34-27-24-7-6-20(36-12-8-23(38-2)9-13-36)17-25(24)33-28(35-27)32-19-15-21-4-5-22(16-19)37(21)11-3-10-29/h6-7,14,17,19,21-23H,3-5,8-9,11-13,15-16,30H2,1-2H3,(H3,31,32,33,34,35)/b18-14-/t19?,21-,22+. The molecule has 1 aromatic heterocycles. The monoisotopic (exact) mass is 517 g/mol. The number of piperidine rings is 2. The lowest BCUT2D eigenvalue weighted by atomic mass is 9.97. The fraction of sp³-hybridized carbons (Fsp3) is 0.571. The molecule has 0 spiro atoms. The average molecular weight is 518 g/mol. The zero-order chi connectivity index (χ0) is 26.6. The highest BCUT2D eigenvalue weighted by molar-refractivity contribution is 5.98. The SMILES string of the molecule is COC1CCN(c2ccc3c(N=C(N)/C=C(/C)N)nc(NC4C[C@H]5CC[C@@H](C4)N5CCC#N)nc3c2)CC1. The number of nitriles is 1. The van der Waals surface area contributed by atoms with Gasteiger partial charge in [0, 0.05) is 68.1 Å². The second-order valence-corrected chi connectivity index (χ2v) is 10.8. The Bertz CT molecular complexity index is 1230. The molecule has 4 heterocycles. The summed E-state index contributed by atoms with van der Waals surface area (Å²) in [5.41, 5.74) is 14.6. The summed E-state index contributed by atoms with van der Waals surface area (Å²) in [5, 5.41) is 13.5. The number of rotatable bonds is 8. The van der Waals surface area contributed by atoms with Crippen LogP contribution in [0.2, 0.25) is 0 Å². The van der Waals surface area contributed by atoms with Crippen molar-refractivity contribution in [3.8, 4) is 6.07 Å². The van der Waals surface area contributed by atoms with E-state index < -0.39 is 0 Å². The molecule has 2 bridgehead atoms. The molecule has 3 aliphatic rings. The Morgan fingerprint density at radius 3 is 2.58 bits per heavy atom. The first kappa shape index (κ1) is 26.2. The smallest absolute Gasteiger partial charge is 0.225 e. The maximum Gasteiger partial charge on any atom is 0.225 e. The van der Waals surface area contributed by atoms with E-state index in [1.807, 2.05) is 6.07 Å². The Morgan fingerprint density at radius 2 is 1.92 bits per heavy atom. The number of aliphatic imine (C=N–C) groups is 1. The van der Waals surface area contributed by atoms with Gasteiger partial charge in [-0.3, -0.25) is 4.90 Å². The van der Waals surface area contributed by atoms with Gasteiger partial charge in [0.25, 0.3) is 0 Å². The summed E-state index contributed by atoms with van der Waals surface area (Å²) in [7, 11) is 1.79. The first-order valence-electron chi connectivity index (χ1n) is 13.7. The molecule has 38 heavy (non-hydrogen) atoms. The highest BCUT2D eigenvalue weighted by Crippen LogP contribution is 2.37. The molecule has 1 aromatic carbocycles. The van der Waals surface area contributed by atoms with Gasteiger partial charge in [-0.25, -0.2) is 9.98 Å². The average Bonchev–Trinajstić information content (AvgIpc) is 3.14. The molecule has 5 N–H and O–H groups in total. The summed E-state index contributed by atoms with van der Waals surface area (Å²) >= 11 is 0. The maximum absolute atomic E-state index is 9.04. The summed E-state index contributed by atoms with van der Waals surface area (Å²) in [6.07, 6.45) is 9.00. The van der Waals surface area contributed by atoms with Gasteiger partial charge < -0.3 is 26.4 Å². The number of nitrogens with zero attached hydrogens (tertiary/aromatic N) is 6. The first-order valence-corrected chi connectivity index (χ1v) is 13.7. The highest BCUT2D eigenvalue weighted by atomic mass is 16.5. The summed E-state index contributed by atoms with van der Waals surface area (Å²) < 4.78 is 5.55. The number of benzene rings is 1. The predicted octanol–water partition coefficient (Wildman–Crippen LogP) is 3.42. The predicted molar refractivity (Wildman–Crippen MR) is 151 cm³/mol. The van der Waals surface area contributed by atoms with Gasteiger partial charge in [0.05, 0.1) is 17.7 Å². The number of methoxy groups -OCH3 is 1. The Labute approximate surface area is 224 Å². The second kappa shape index (κ2) is 11.5. The number of nitrogens with one attached hydrogen (secondary N) is 1. The maximum atomic E-state index is 9.04. The minimum absolute atomic E-state index is 0.278. The lowest BCUT2D eigenvalue weighted by Gasteiger charge is -2.38. The summed E-state index contributed by atoms with van der Waals surface area (Å²) in [4.78, 5) is 19.3. The summed E-state index contributed by atoms with van der Waals surface area (Å²) in [6.45, 7) is 4.54. The van der Waals surface area contributed by atoms with Gasteiger partial charge >= 0.3 is 0 Å². The van der Waals surface area contributed by atoms with Gasteiger partial charge in [-0.1, -0.05) is 0 Å². The molecule has 0 saturated carbocycles. The molecule has 10 heteroatoms. The van der Waals surface area contributed by atoms with E-state index in [1.54, 1.807) is 20.1 Å². The molecule has 202 valence electrons. The van der Waals surface area contributed by atoms with Crippen LogP contribution in [0.4, 0.5) is 17.5 Å². The molecule has 0 amide bonds. The van der Waals surface area contributed by atoms with Crippen molar-refractivity contribution in [2.75, 3.05) is 37.0 Å². The van der Waals surface area contributed by atoms with Crippen LogP contribution < -0.4 is 21.7 Å². The lowest BCUT2D eigenvalue weighted by molar-refractivity contribution is 0.0819. The normalized spacial score (nSPS) is 25.1. The number of nitrogens with two attached hydrogens (primary N) is 2. The van der Waals surface area contributed by atoms with E-state index in [0.717, 1.165) is 61.9 Å². The fourth-order valence-corrected chi connectivity index (χ4v) is 6.30. The van der Waals surface area contributed by atoms with Gasteiger partial charge in [-0.05, 0) is 69.7 Å². The van der Waals surface area contributed by atoms with Gasteiger partial charge in [0.15, 0.2) is 5.82 Å². The first-order chi connectivity index (χ1) is 18.4. The second-order valence-electron chi connectivity index (χ2n) is 10.8. The molecule has 0 aliphatic carbocycles. The molecule has 2 aromatic rings. The third-order valence-electron chi connectivity index (χ3n) is 8.11. The van der Waals surface area contributed by atoms with E-state index in [1.165, 1.54) is 12.8 Å². The molecule has 3 saturated heterocycles. The summed E-state index contributed by atoms with van der Waals surface area (Å²) in [5.74, 6) is 1.42. The van der Waals surface area contributed by atoms with E-state index in [9.17, 15) is 0 Å². The van der Waals surface area contributed by atoms with Gasteiger partial charge in [0.2, 0.25) is 5.95 Å². The highest BCUT2D eigenvalue weighted by Gasteiger charge is 2.40. The number of allylic oxidation sites excluding steroid dienone is 1. The Morgan fingerprint density at radius 1 is 1.18 bits per heavy atom. The van der Waals surface area contributed by atoms with Crippen LogP contribution in [-0.2, 0) is 4.74 Å². The fourth-order valence-electron chi connectivity index (χ4n) is 6.30. The minimum Gasteiger partial charge on any atom is -0.402 e. The molecular weight excluding hydrogens is 478 g/mol. The van der Waals surface area contributed by atoms with Crippen molar-refractivity contribution < 1.29 is 4.74 Å². The van der Waals surface area contributed by atoms with Crippen LogP contribution >= 0.6 is 0 Å². The number of fused-ring (bicyclic) bond motifs is 3. The van der Waals surface area contributed by atoms with Gasteiger partial charge in [0.1, 0.15) is 5.84 Å². The number of ether oxygens (including phenoxy) is 1. The van der Waals surface area contributed by atoms with E-state index >= 15 is 0 Å². The van der Waals surface area contributed by atoms with Crippen molar-refractivity contribution >= 4 is 34.2 Å². The molecule has 1 unspecified atom stereocenters. The van der Waals surface area contributed by atoms with Crippen molar-refractivity contribution in [2.45, 2.75) is 76.1 Å². The molecule has 10 nitrogen and oxygen atoms in total. The van der Waals surface area contributed by atoms with Crippen LogP contribution in [0.5, 0.6) is 0 Å². The molecule has 0 radical (unpaired) electrons. The topological polar surface area (TPSA) is 142 Å². The number of amidine groups is 1. The van der Waals surface area contributed by atoms with Crippen LogP contribution in [-0.4, -0.2) is 71.7 Å². The van der Waals surface area contributed by atoms with Crippen LogP contribution in [0, 0.1) is 11.3 Å². The Hall–Kier alpha value is -3.42. The number of hydrogen-bond donors (Lipinski definition) is 3. The molecule has 3 atom stereocenters. The number of aromatic nitrogens is 2. The molecular formula is C28H39N9O. The quantitative estimate of drug-likeness (QED) is 0.355. The Kier molecular flexibility index (Phi) is 7.95. The van der Waals surface area contributed by atoms with Crippen LogP contribution in [0.25, 0.3) is 10.9 Å². The van der Waals surface area contributed by atoms with E-state index in [4.69, 9.17) is 31.4 Å². The molecule has 3 aliphatic heterocycles. The number of anilines is 2. The van der Waals surface area contributed by atoms with Crippen LogP contribution in [0.3, 0.4) is 0 Å². The van der Waals surface area contributed by atoms with Crippen molar-refractivity contribution in [3.63, 3.8) is 0 Å². The molecule has 5 rings (SSSR count). The van der Waals surface area contributed by atoms with Gasteiger partial charge in [-0.15, -0.1) is 0 Å². The van der Waals surface area contributed by atoms with E-state index in [0.29, 0.717) is 47.9 Å². The van der Waals surface area contributed by atoms with Crippen molar-refractivity contribution in [1.82, 2.24) is 14.9 Å². The third kappa shape index (κ3) is 5.84. The zero-order valence-corrected chi connectivity index (χ0v) is 22.4. The summed E-state index contributed by atoms with van der Waals surface area (Å²) in [6, 6.07) is 9.86. The van der Waals surface area contributed by atoms with Crippen molar-refractivity contribution in [1.29, 1.82) is 5.26 Å². The van der Waals surface area contributed by atoms with Crippen molar-refractivity contribution in [2.24, 2.45) is 16.5 Å². The van der Waals surface area contributed by atoms with Crippen LogP contribution in [0.1, 0.15) is 51.9 Å². The molecule has 3 fully saturated rings. The lowest BCUT2D eigenvalue weighted by Crippen LogP contribution is -2.47. The van der Waals surface area contributed by atoms with E-state index in [-0.39, 0.29) is 6.04 Å². The minimum atomic E-state index is 0.278.